The summed E-state index contributed by atoms with van der Waals surface area (Å²) in [5.41, 5.74) is 0.618. The Morgan fingerprint density at radius 2 is 2.04 bits per heavy atom. The van der Waals surface area contributed by atoms with Crippen molar-refractivity contribution in [3.05, 3.63) is 48.0 Å². The summed E-state index contributed by atoms with van der Waals surface area (Å²) < 4.78 is 12.9. The van der Waals surface area contributed by atoms with E-state index in [2.05, 4.69) is 15.3 Å². The van der Waals surface area contributed by atoms with Gasteiger partial charge in [-0.1, -0.05) is 12.1 Å². The maximum Gasteiger partial charge on any atom is 0.241 e. The van der Waals surface area contributed by atoms with Gasteiger partial charge in [0.25, 0.3) is 0 Å². The number of hydrogen-bond donors (Lipinski definition) is 2. The van der Waals surface area contributed by atoms with Crippen LogP contribution in [0.2, 0.25) is 0 Å². The van der Waals surface area contributed by atoms with Crippen LogP contribution in [0.1, 0.15) is 11.7 Å². The van der Waals surface area contributed by atoms with Crippen molar-refractivity contribution in [1.82, 2.24) is 14.9 Å². The van der Waals surface area contributed by atoms with Gasteiger partial charge in [-0.2, -0.15) is 0 Å². The average Bonchev–Trinajstić information content (AvgIpc) is 2.63. The molecule has 3 rings (SSSR count). The van der Waals surface area contributed by atoms with E-state index in [0.717, 1.165) is 0 Å². The second-order valence-corrected chi connectivity index (χ2v) is 5.95. The predicted octanol–water partition coefficient (Wildman–Crippen LogP) is 1.04. The van der Waals surface area contributed by atoms with E-state index in [9.17, 15) is 14.3 Å². The summed E-state index contributed by atoms with van der Waals surface area (Å²) in [6.07, 6.45) is 0.634. The SMILES string of the molecule is CN1CCN(c2cc(NC[C@@H](O)c3ccc(F)cc3)ncn2)CC1=O. The molecule has 0 spiro atoms. The van der Waals surface area contributed by atoms with Crippen molar-refractivity contribution >= 4 is 17.5 Å². The van der Waals surface area contributed by atoms with Crippen LogP contribution in [0.25, 0.3) is 0 Å². The summed E-state index contributed by atoms with van der Waals surface area (Å²) in [6.45, 7) is 1.86. The Kier molecular flexibility index (Phi) is 5.08. The highest BCUT2D eigenvalue weighted by molar-refractivity contribution is 5.82. The number of nitrogens with one attached hydrogen (secondary N) is 1. The van der Waals surface area contributed by atoms with E-state index in [4.69, 9.17) is 0 Å². The smallest absolute Gasteiger partial charge is 0.241 e. The lowest BCUT2D eigenvalue weighted by molar-refractivity contribution is -0.129. The van der Waals surface area contributed by atoms with Crippen LogP contribution in [0.4, 0.5) is 16.0 Å². The summed E-state index contributed by atoms with van der Waals surface area (Å²) in [7, 11) is 1.78. The second-order valence-electron chi connectivity index (χ2n) is 5.95. The van der Waals surface area contributed by atoms with Crippen LogP contribution >= 0.6 is 0 Å². The molecule has 2 N–H and O–H groups in total. The molecule has 1 saturated heterocycles. The molecule has 1 aliphatic rings. The van der Waals surface area contributed by atoms with Crippen molar-refractivity contribution in [3.8, 4) is 0 Å². The van der Waals surface area contributed by atoms with Gasteiger partial charge in [0.15, 0.2) is 0 Å². The maximum atomic E-state index is 12.9. The fraction of sp³-hybridized carbons (Fsp3) is 0.353. The molecule has 1 aromatic heterocycles. The van der Waals surface area contributed by atoms with E-state index < -0.39 is 6.10 Å². The average molecular weight is 345 g/mol. The minimum absolute atomic E-state index is 0.0473. The van der Waals surface area contributed by atoms with Crippen LogP contribution in [-0.2, 0) is 4.79 Å². The van der Waals surface area contributed by atoms with Crippen molar-refractivity contribution in [2.45, 2.75) is 6.10 Å². The third-order valence-electron chi connectivity index (χ3n) is 4.17. The number of likely N-dealkylation sites (N-methyl/N-ethyl adjacent to an activating group) is 1. The van der Waals surface area contributed by atoms with Crippen LogP contribution in [0.3, 0.4) is 0 Å². The topological polar surface area (TPSA) is 81.6 Å². The summed E-state index contributed by atoms with van der Waals surface area (Å²) >= 11 is 0. The minimum atomic E-state index is -0.788. The van der Waals surface area contributed by atoms with Gasteiger partial charge in [0.05, 0.1) is 12.6 Å². The van der Waals surface area contributed by atoms with Crippen LogP contribution in [0, 0.1) is 5.82 Å². The Bertz CT molecular complexity index is 740. The maximum absolute atomic E-state index is 12.9. The van der Waals surface area contributed by atoms with Gasteiger partial charge < -0.3 is 20.2 Å². The van der Waals surface area contributed by atoms with Gasteiger partial charge in [0.1, 0.15) is 23.8 Å². The molecule has 0 unspecified atom stereocenters. The molecule has 0 bridgehead atoms. The van der Waals surface area contributed by atoms with Crippen molar-refractivity contribution in [3.63, 3.8) is 0 Å². The highest BCUT2D eigenvalue weighted by atomic mass is 19.1. The molecule has 0 saturated carbocycles. The van der Waals surface area contributed by atoms with E-state index in [0.29, 0.717) is 30.3 Å². The molecule has 0 radical (unpaired) electrons. The third kappa shape index (κ3) is 4.21. The zero-order valence-electron chi connectivity index (χ0n) is 13.9. The van der Waals surface area contributed by atoms with Crippen molar-refractivity contribution < 1.29 is 14.3 Å². The van der Waals surface area contributed by atoms with E-state index >= 15 is 0 Å². The van der Waals surface area contributed by atoms with Crippen molar-refractivity contribution in [2.24, 2.45) is 0 Å². The number of hydrogen-bond acceptors (Lipinski definition) is 6. The Morgan fingerprint density at radius 1 is 1.28 bits per heavy atom. The third-order valence-corrected chi connectivity index (χ3v) is 4.17. The predicted molar refractivity (Wildman–Crippen MR) is 91.7 cm³/mol. The molecule has 1 fully saturated rings. The van der Waals surface area contributed by atoms with Crippen LogP contribution in [-0.4, -0.2) is 59.1 Å². The molecule has 7 nitrogen and oxygen atoms in total. The van der Waals surface area contributed by atoms with Gasteiger partial charge >= 0.3 is 0 Å². The van der Waals surface area contributed by atoms with E-state index in [1.54, 1.807) is 30.1 Å². The molecule has 1 aromatic carbocycles. The highest BCUT2D eigenvalue weighted by Gasteiger charge is 2.22. The number of rotatable bonds is 5. The molecular weight excluding hydrogens is 325 g/mol. The number of piperazine rings is 1. The zero-order valence-corrected chi connectivity index (χ0v) is 13.9. The Morgan fingerprint density at radius 3 is 2.76 bits per heavy atom. The standard InChI is InChI=1S/C17H20FN5O2/c1-22-6-7-23(10-17(22)25)16-8-15(20-11-21-16)19-9-14(24)12-2-4-13(18)5-3-12/h2-5,8,11,14,24H,6-7,9-10H2,1H3,(H,19,20,21)/t14-/m1/s1. The minimum Gasteiger partial charge on any atom is -0.387 e. The lowest BCUT2D eigenvalue weighted by atomic mass is 10.1. The van der Waals surface area contributed by atoms with Crippen molar-refractivity contribution in [2.75, 3.05) is 43.4 Å². The highest BCUT2D eigenvalue weighted by Crippen LogP contribution is 2.18. The normalized spacial score (nSPS) is 16.0. The Balaban J connectivity index is 1.62. The lowest BCUT2D eigenvalue weighted by Crippen LogP contribution is -2.48. The van der Waals surface area contributed by atoms with E-state index in [1.165, 1.54) is 18.5 Å². The summed E-state index contributed by atoms with van der Waals surface area (Å²) in [5.74, 6) is 0.921. The molecule has 8 heteroatoms. The first-order chi connectivity index (χ1) is 12.0. The summed E-state index contributed by atoms with van der Waals surface area (Å²) in [5, 5.41) is 13.2. The lowest BCUT2D eigenvalue weighted by Gasteiger charge is -2.32. The van der Waals surface area contributed by atoms with Crippen LogP contribution in [0.5, 0.6) is 0 Å². The molecule has 1 aliphatic heterocycles. The molecular formula is C17H20FN5O2. The first kappa shape index (κ1) is 17.1. The summed E-state index contributed by atoms with van der Waals surface area (Å²) in [4.78, 5) is 23.8. The van der Waals surface area contributed by atoms with Gasteiger partial charge in [-0.25, -0.2) is 14.4 Å². The monoisotopic (exact) mass is 345 g/mol. The number of nitrogens with zero attached hydrogens (tertiary/aromatic N) is 4. The van der Waals surface area contributed by atoms with Gasteiger partial charge in [0.2, 0.25) is 5.91 Å². The molecule has 25 heavy (non-hydrogen) atoms. The fourth-order valence-corrected chi connectivity index (χ4v) is 2.57. The van der Waals surface area contributed by atoms with Gasteiger partial charge in [-0.15, -0.1) is 0 Å². The Hall–Kier alpha value is -2.74. The number of anilines is 2. The van der Waals surface area contributed by atoms with Gasteiger partial charge in [0, 0.05) is 32.7 Å². The molecule has 0 aliphatic carbocycles. The number of aromatic nitrogens is 2. The molecule has 2 heterocycles. The molecule has 1 atom stereocenters. The fourth-order valence-electron chi connectivity index (χ4n) is 2.57. The van der Waals surface area contributed by atoms with E-state index in [1.807, 2.05) is 4.90 Å². The molecule has 132 valence electrons. The zero-order chi connectivity index (χ0) is 17.8. The first-order valence-corrected chi connectivity index (χ1v) is 8.01. The van der Waals surface area contributed by atoms with Gasteiger partial charge in [-0.3, -0.25) is 4.79 Å². The quantitative estimate of drug-likeness (QED) is 0.843. The number of benzene rings is 1. The number of carbonyl (C=O) groups excluding carboxylic acids is 1. The second kappa shape index (κ2) is 7.43. The number of carbonyl (C=O) groups is 1. The van der Waals surface area contributed by atoms with Crippen LogP contribution in [0.15, 0.2) is 36.7 Å². The molecule has 2 aromatic rings. The first-order valence-electron chi connectivity index (χ1n) is 8.01. The number of aliphatic hydroxyl groups is 1. The number of halogens is 1. The Labute approximate surface area is 145 Å². The molecule has 1 amide bonds. The largest absolute Gasteiger partial charge is 0.387 e. The number of aliphatic hydroxyl groups excluding tert-OH is 1. The van der Waals surface area contributed by atoms with Crippen molar-refractivity contribution in [1.29, 1.82) is 0 Å². The van der Waals surface area contributed by atoms with E-state index in [-0.39, 0.29) is 24.8 Å². The summed E-state index contributed by atoms with van der Waals surface area (Å²) in [6, 6.07) is 7.46. The number of amides is 1. The van der Waals surface area contributed by atoms with Crippen LogP contribution < -0.4 is 10.2 Å². The van der Waals surface area contributed by atoms with Gasteiger partial charge in [-0.05, 0) is 17.7 Å².